The number of halogens is 7. The molecule has 2 aromatic rings. The Hall–Kier alpha value is -1.80. The second-order valence-electron chi connectivity index (χ2n) is 7.96. The zero-order chi connectivity index (χ0) is 25.5. The van der Waals surface area contributed by atoms with Gasteiger partial charge in [0.05, 0.1) is 16.7 Å². The molecule has 0 saturated heterocycles. The van der Waals surface area contributed by atoms with Crippen LogP contribution < -0.4 is 9.47 Å². The predicted molar refractivity (Wildman–Crippen MR) is 131 cm³/mol. The van der Waals surface area contributed by atoms with Crippen LogP contribution in [-0.4, -0.2) is 30.7 Å². The van der Waals surface area contributed by atoms with Crippen molar-refractivity contribution in [1.82, 2.24) is 0 Å². The van der Waals surface area contributed by atoms with Crippen molar-refractivity contribution in [2.24, 2.45) is 5.16 Å². The fourth-order valence-corrected chi connectivity index (χ4v) is 3.21. The molecule has 0 atom stereocenters. The Morgan fingerprint density at radius 3 is 2.06 bits per heavy atom. The maximum Gasteiger partial charge on any atom is 0.437 e. The molecule has 0 spiro atoms. The summed E-state index contributed by atoms with van der Waals surface area (Å²) in [5.74, 6) is 0.672. The smallest absolute Gasteiger partial charge is 0.437 e. The number of rotatable bonds is 9. The van der Waals surface area contributed by atoms with E-state index in [1.54, 1.807) is 32.9 Å². The lowest BCUT2D eigenvalue weighted by Crippen LogP contribution is -2.26. The molecule has 0 heterocycles. The van der Waals surface area contributed by atoms with Gasteiger partial charge in [0.25, 0.3) is 0 Å². The van der Waals surface area contributed by atoms with E-state index in [2.05, 4.69) is 5.16 Å². The molecule has 4 nitrogen and oxygen atoms in total. The normalized spacial score (nSPS) is 12.4. The van der Waals surface area contributed by atoms with E-state index in [4.69, 9.17) is 60.7 Å². The van der Waals surface area contributed by atoms with Crippen LogP contribution in [0, 0.1) is 0 Å². The summed E-state index contributed by atoms with van der Waals surface area (Å²) in [4.78, 5) is 4.98. The molecule has 0 radical (unpaired) electrons. The van der Waals surface area contributed by atoms with Crippen LogP contribution in [0.2, 0.25) is 10.0 Å². The third-order valence-electron chi connectivity index (χ3n) is 4.00. The van der Waals surface area contributed by atoms with Gasteiger partial charge in [-0.3, -0.25) is 0 Å². The van der Waals surface area contributed by atoms with Crippen molar-refractivity contribution in [3.8, 4) is 11.5 Å². The molecule has 0 aliphatic rings. The number of benzene rings is 2. The molecule has 0 fully saturated rings. The van der Waals surface area contributed by atoms with Gasteiger partial charge in [0.1, 0.15) is 22.4 Å². The fourth-order valence-electron chi connectivity index (χ4n) is 2.51. The molecular weight excluding hydrogens is 537 g/mol. The molecule has 11 heteroatoms. The van der Waals surface area contributed by atoms with Gasteiger partial charge >= 0.3 is 6.18 Å². The Kier molecular flexibility index (Phi) is 10.2. The van der Waals surface area contributed by atoms with Crippen molar-refractivity contribution in [3.05, 3.63) is 68.1 Å². The maximum absolute atomic E-state index is 13.4. The Bertz CT molecular complexity index is 1010. The summed E-state index contributed by atoms with van der Waals surface area (Å²) in [7, 11) is 0. The lowest BCUT2D eigenvalue weighted by Gasteiger charge is -2.18. The third-order valence-corrected chi connectivity index (χ3v) is 4.87. The van der Waals surface area contributed by atoms with Crippen molar-refractivity contribution in [2.45, 2.75) is 39.0 Å². The van der Waals surface area contributed by atoms with Crippen molar-refractivity contribution in [1.29, 1.82) is 0 Å². The SMILES string of the molecule is CC(C)(C)ON=C(c1ccc(CCOc2c(Cl)cc(OCC=C(Cl)Cl)cc2Cl)cc1)C(F)(F)F. The van der Waals surface area contributed by atoms with Crippen molar-refractivity contribution in [2.75, 3.05) is 13.2 Å². The number of hydrogen-bond donors (Lipinski definition) is 0. The summed E-state index contributed by atoms with van der Waals surface area (Å²) in [6.45, 7) is 5.16. The van der Waals surface area contributed by atoms with Crippen LogP contribution in [0.5, 0.6) is 11.5 Å². The monoisotopic (exact) mass is 557 g/mol. The van der Waals surface area contributed by atoms with Gasteiger partial charge in [-0.05, 0) is 32.4 Å². The van der Waals surface area contributed by atoms with E-state index in [1.807, 2.05) is 0 Å². The fraction of sp³-hybridized carbons (Fsp3) is 0.348. The molecule has 34 heavy (non-hydrogen) atoms. The topological polar surface area (TPSA) is 40.0 Å². The Labute approximate surface area is 216 Å². The first-order valence-electron chi connectivity index (χ1n) is 9.95. The summed E-state index contributed by atoms with van der Waals surface area (Å²) in [6, 6.07) is 8.86. The minimum Gasteiger partial charge on any atom is -0.490 e. The summed E-state index contributed by atoms with van der Waals surface area (Å²) >= 11 is 23.5. The van der Waals surface area contributed by atoms with Crippen LogP contribution in [0.15, 0.2) is 52.1 Å². The van der Waals surface area contributed by atoms with Crippen LogP contribution in [0.25, 0.3) is 0 Å². The van der Waals surface area contributed by atoms with E-state index in [1.165, 1.54) is 30.3 Å². The highest BCUT2D eigenvalue weighted by Gasteiger charge is 2.38. The lowest BCUT2D eigenvalue weighted by atomic mass is 10.1. The Morgan fingerprint density at radius 2 is 1.56 bits per heavy atom. The van der Waals surface area contributed by atoms with Crippen LogP contribution in [0.4, 0.5) is 13.2 Å². The number of oxime groups is 1. The van der Waals surface area contributed by atoms with E-state index in [0.717, 1.165) is 5.56 Å². The molecule has 0 saturated carbocycles. The first kappa shape index (κ1) is 28.4. The number of hydrogen-bond acceptors (Lipinski definition) is 4. The second-order valence-corrected chi connectivity index (χ2v) is 9.78. The average Bonchev–Trinajstić information content (AvgIpc) is 2.69. The summed E-state index contributed by atoms with van der Waals surface area (Å²) < 4.78 is 51.4. The van der Waals surface area contributed by atoms with Crippen LogP contribution in [0.1, 0.15) is 31.9 Å². The van der Waals surface area contributed by atoms with Gasteiger partial charge in [-0.2, -0.15) is 13.2 Å². The number of nitrogens with zero attached hydrogens (tertiary/aromatic N) is 1. The van der Waals surface area contributed by atoms with Crippen molar-refractivity contribution < 1.29 is 27.5 Å². The number of alkyl halides is 3. The van der Waals surface area contributed by atoms with Gasteiger partial charge in [0.2, 0.25) is 0 Å². The highest BCUT2D eigenvalue weighted by atomic mass is 35.5. The quantitative estimate of drug-likeness (QED) is 0.229. The molecule has 0 N–H and O–H groups in total. The zero-order valence-electron chi connectivity index (χ0n) is 18.5. The van der Waals surface area contributed by atoms with Crippen molar-refractivity contribution >= 4 is 52.1 Å². The Morgan fingerprint density at radius 1 is 0.971 bits per heavy atom. The summed E-state index contributed by atoms with van der Waals surface area (Å²) in [5.41, 5.74) is -1.31. The van der Waals surface area contributed by atoms with E-state index in [-0.39, 0.29) is 39.1 Å². The minimum absolute atomic E-state index is 0.0744. The van der Waals surface area contributed by atoms with Gasteiger partial charge in [0.15, 0.2) is 11.5 Å². The van der Waals surface area contributed by atoms with E-state index in [9.17, 15) is 13.2 Å². The van der Waals surface area contributed by atoms with Crippen LogP contribution in [0.3, 0.4) is 0 Å². The van der Waals surface area contributed by atoms with E-state index < -0.39 is 17.5 Å². The largest absolute Gasteiger partial charge is 0.490 e. The zero-order valence-corrected chi connectivity index (χ0v) is 21.5. The standard InChI is InChI=1S/C23H22Cl4F3NO3/c1-22(2,3)34-31-21(23(28,29)30)15-6-4-14(5-7-15)8-10-33-20-17(24)12-16(13-18(20)25)32-11-9-19(26)27/h4-7,9,12-13H,8,10-11H2,1-3H3. The molecule has 2 rings (SSSR count). The lowest BCUT2D eigenvalue weighted by molar-refractivity contribution is -0.0669. The molecule has 0 aliphatic heterocycles. The van der Waals surface area contributed by atoms with Crippen molar-refractivity contribution in [3.63, 3.8) is 0 Å². The van der Waals surface area contributed by atoms with Gasteiger partial charge in [-0.25, -0.2) is 0 Å². The molecule has 0 amide bonds. The number of ether oxygens (including phenoxy) is 2. The molecular formula is C23H22Cl4F3NO3. The van der Waals surface area contributed by atoms with Crippen LogP contribution in [-0.2, 0) is 11.3 Å². The van der Waals surface area contributed by atoms with Gasteiger partial charge in [-0.1, -0.05) is 75.8 Å². The van der Waals surface area contributed by atoms with Gasteiger partial charge in [0, 0.05) is 24.1 Å². The first-order valence-corrected chi connectivity index (χ1v) is 11.5. The second kappa shape index (κ2) is 12.2. The molecule has 2 aromatic carbocycles. The highest BCUT2D eigenvalue weighted by Crippen LogP contribution is 2.37. The predicted octanol–water partition coefficient (Wildman–Crippen LogP) is 8.39. The third kappa shape index (κ3) is 9.45. The molecule has 0 aromatic heterocycles. The summed E-state index contributed by atoms with van der Waals surface area (Å²) in [5, 5.41) is 3.81. The van der Waals surface area contributed by atoms with Gasteiger partial charge < -0.3 is 14.3 Å². The Balaban J connectivity index is 2.02. The average molecular weight is 559 g/mol. The molecule has 0 unspecified atom stereocenters. The first-order chi connectivity index (χ1) is 15.8. The van der Waals surface area contributed by atoms with Gasteiger partial charge in [-0.15, -0.1) is 0 Å². The maximum atomic E-state index is 13.4. The molecule has 0 aliphatic carbocycles. The van der Waals surface area contributed by atoms with E-state index in [0.29, 0.717) is 12.2 Å². The molecule has 186 valence electrons. The highest BCUT2D eigenvalue weighted by molar-refractivity contribution is 6.55. The molecule has 0 bridgehead atoms. The van der Waals surface area contributed by atoms with Crippen LogP contribution >= 0.6 is 46.4 Å². The van der Waals surface area contributed by atoms with E-state index >= 15 is 0 Å². The summed E-state index contributed by atoms with van der Waals surface area (Å²) in [6.07, 6.45) is -2.80. The minimum atomic E-state index is -4.66.